The number of nitrogen functional groups attached to an aromatic ring is 1. The number of alkyl halides is 3. The fourth-order valence-electron chi connectivity index (χ4n) is 1.29. The van der Waals surface area contributed by atoms with Gasteiger partial charge >= 0.3 is 12.2 Å². The molecule has 90 valence electrons. The molecule has 1 aromatic carbocycles. The molecular formula is C9H5F4N3O. The second kappa shape index (κ2) is 3.72. The van der Waals surface area contributed by atoms with E-state index in [2.05, 4.69) is 14.7 Å². The Kier molecular flexibility index (Phi) is 2.49. The molecule has 2 aromatic rings. The molecule has 0 aliphatic heterocycles. The van der Waals surface area contributed by atoms with Gasteiger partial charge in [0.15, 0.2) is 0 Å². The minimum absolute atomic E-state index is 0.338. The lowest BCUT2D eigenvalue weighted by Gasteiger charge is -2.10. The van der Waals surface area contributed by atoms with E-state index in [0.717, 1.165) is 12.1 Å². The maximum Gasteiger partial charge on any atom is 0.417 e. The third kappa shape index (κ3) is 2.19. The first-order valence-electron chi connectivity index (χ1n) is 4.34. The molecule has 0 saturated carbocycles. The molecule has 0 radical (unpaired) electrons. The van der Waals surface area contributed by atoms with Crippen molar-refractivity contribution in [1.29, 1.82) is 0 Å². The van der Waals surface area contributed by atoms with Crippen LogP contribution < -0.4 is 5.73 Å². The first-order valence-corrected chi connectivity index (χ1v) is 4.34. The lowest BCUT2D eigenvalue weighted by Crippen LogP contribution is -2.08. The van der Waals surface area contributed by atoms with E-state index in [4.69, 9.17) is 5.73 Å². The van der Waals surface area contributed by atoms with Crippen molar-refractivity contribution in [2.75, 3.05) is 5.73 Å². The van der Waals surface area contributed by atoms with Crippen molar-refractivity contribution in [3.63, 3.8) is 0 Å². The molecule has 0 amide bonds. The number of halogens is 4. The van der Waals surface area contributed by atoms with Gasteiger partial charge < -0.3 is 10.3 Å². The molecule has 0 spiro atoms. The molecule has 4 nitrogen and oxygen atoms in total. The summed E-state index contributed by atoms with van der Waals surface area (Å²) in [5.41, 5.74) is 3.54. The van der Waals surface area contributed by atoms with Gasteiger partial charge in [-0.3, -0.25) is 0 Å². The summed E-state index contributed by atoms with van der Waals surface area (Å²) in [6.07, 6.45) is -4.72. The zero-order chi connectivity index (χ0) is 12.6. The average Bonchev–Trinajstić information content (AvgIpc) is 2.63. The van der Waals surface area contributed by atoms with E-state index in [1.165, 1.54) is 0 Å². The van der Waals surface area contributed by atoms with Gasteiger partial charge in [-0.15, -0.1) is 0 Å². The number of rotatable bonds is 1. The highest BCUT2D eigenvalue weighted by Crippen LogP contribution is 2.36. The molecule has 8 heteroatoms. The Morgan fingerprint density at radius 2 is 1.94 bits per heavy atom. The van der Waals surface area contributed by atoms with E-state index < -0.39 is 17.6 Å². The van der Waals surface area contributed by atoms with Crippen molar-refractivity contribution in [3.8, 4) is 11.4 Å². The number of aromatic nitrogens is 2. The first-order chi connectivity index (χ1) is 7.88. The minimum Gasteiger partial charge on any atom is -0.351 e. The normalized spacial score (nSPS) is 11.8. The Hall–Kier alpha value is -2.12. The van der Waals surface area contributed by atoms with E-state index in [-0.39, 0.29) is 17.4 Å². The molecule has 0 aliphatic carbocycles. The van der Waals surface area contributed by atoms with Crippen LogP contribution in [-0.2, 0) is 6.18 Å². The summed E-state index contributed by atoms with van der Waals surface area (Å²) in [7, 11) is 0. The van der Waals surface area contributed by atoms with Gasteiger partial charge in [0.05, 0.1) is 5.56 Å². The van der Waals surface area contributed by atoms with Crippen molar-refractivity contribution in [2.24, 2.45) is 0 Å². The fraction of sp³-hybridized carbons (Fsp3) is 0.111. The van der Waals surface area contributed by atoms with Crippen LogP contribution in [0.25, 0.3) is 11.4 Å². The van der Waals surface area contributed by atoms with Gasteiger partial charge in [-0.2, -0.15) is 18.2 Å². The number of nitrogens with two attached hydrogens (primary N) is 1. The van der Waals surface area contributed by atoms with Crippen LogP contribution in [0.2, 0.25) is 0 Å². The first kappa shape index (κ1) is 11.4. The molecule has 2 rings (SSSR count). The van der Waals surface area contributed by atoms with E-state index in [1.54, 1.807) is 0 Å². The van der Waals surface area contributed by atoms with Crippen molar-refractivity contribution in [3.05, 3.63) is 29.6 Å². The SMILES string of the molecule is Nc1nc(-c2ccc(F)cc2C(F)(F)F)no1. The Balaban J connectivity index is 2.61. The largest absolute Gasteiger partial charge is 0.417 e. The number of anilines is 1. The van der Waals surface area contributed by atoms with Gasteiger partial charge in [-0.05, 0) is 18.2 Å². The smallest absolute Gasteiger partial charge is 0.351 e. The Labute approximate surface area is 92.0 Å². The lowest BCUT2D eigenvalue weighted by atomic mass is 10.1. The molecular weight excluding hydrogens is 242 g/mol. The third-order valence-corrected chi connectivity index (χ3v) is 1.97. The number of hydrogen-bond donors (Lipinski definition) is 1. The van der Waals surface area contributed by atoms with Gasteiger partial charge in [-0.25, -0.2) is 4.39 Å². The summed E-state index contributed by atoms with van der Waals surface area (Å²) >= 11 is 0. The lowest BCUT2D eigenvalue weighted by molar-refractivity contribution is -0.137. The standard InChI is InChI=1S/C9H5F4N3O/c10-4-1-2-5(6(3-4)9(11,12)13)7-15-8(14)17-16-7/h1-3H,(H2,14,15,16). The monoisotopic (exact) mass is 247 g/mol. The zero-order valence-corrected chi connectivity index (χ0v) is 8.12. The van der Waals surface area contributed by atoms with Gasteiger partial charge in [0.25, 0.3) is 0 Å². The molecule has 0 atom stereocenters. The molecule has 1 aromatic heterocycles. The second-order valence-electron chi connectivity index (χ2n) is 3.14. The predicted molar refractivity (Wildman–Crippen MR) is 49.1 cm³/mol. The van der Waals surface area contributed by atoms with Crippen molar-refractivity contribution >= 4 is 6.01 Å². The van der Waals surface area contributed by atoms with Crippen LogP contribution in [-0.4, -0.2) is 10.1 Å². The van der Waals surface area contributed by atoms with E-state index in [1.807, 2.05) is 0 Å². The fourth-order valence-corrected chi connectivity index (χ4v) is 1.29. The molecule has 0 bridgehead atoms. The molecule has 0 saturated heterocycles. The predicted octanol–water partition coefficient (Wildman–Crippen LogP) is 2.48. The van der Waals surface area contributed by atoms with Crippen molar-refractivity contribution in [2.45, 2.75) is 6.18 Å². The maximum absolute atomic E-state index is 12.8. The summed E-state index contributed by atoms with van der Waals surface area (Å²) in [5.74, 6) is -1.34. The van der Waals surface area contributed by atoms with Gasteiger partial charge in [0, 0.05) is 5.56 Å². The van der Waals surface area contributed by atoms with Crippen molar-refractivity contribution < 1.29 is 22.1 Å². The van der Waals surface area contributed by atoms with Gasteiger partial charge in [0.2, 0.25) is 5.82 Å². The second-order valence-corrected chi connectivity index (χ2v) is 3.14. The molecule has 17 heavy (non-hydrogen) atoms. The Morgan fingerprint density at radius 1 is 1.24 bits per heavy atom. The van der Waals surface area contributed by atoms with Crippen molar-refractivity contribution in [1.82, 2.24) is 10.1 Å². The van der Waals surface area contributed by atoms with Crippen LogP contribution in [0.3, 0.4) is 0 Å². The van der Waals surface area contributed by atoms with E-state index in [9.17, 15) is 17.6 Å². The van der Waals surface area contributed by atoms with Crippen LogP contribution in [0, 0.1) is 5.82 Å². The number of benzene rings is 1. The van der Waals surface area contributed by atoms with Crippen LogP contribution in [0.15, 0.2) is 22.7 Å². The summed E-state index contributed by atoms with van der Waals surface area (Å²) in [6, 6.07) is 1.79. The summed E-state index contributed by atoms with van der Waals surface area (Å²) < 4.78 is 55.1. The number of hydrogen-bond acceptors (Lipinski definition) is 4. The van der Waals surface area contributed by atoms with Crippen LogP contribution in [0.5, 0.6) is 0 Å². The molecule has 1 heterocycles. The highest BCUT2D eigenvalue weighted by molar-refractivity contribution is 5.61. The number of nitrogens with zero attached hydrogens (tertiary/aromatic N) is 2. The average molecular weight is 247 g/mol. The topological polar surface area (TPSA) is 64.9 Å². The third-order valence-electron chi connectivity index (χ3n) is 1.97. The summed E-state index contributed by atoms with van der Waals surface area (Å²) in [5, 5.41) is 3.26. The van der Waals surface area contributed by atoms with Crippen LogP contribution in [0.4, 0.5) is 23.6 Å². The van der Waals surface area contributed by atoms with Gasteiger partial charge in [0.1, 0.15) is 5.82 Å². The maximum atomic E-state index is 12.8. The molecule has 2 N–H and O–H groups in total. The van der Waals surface area contributed by atoms with Gasteiger partial charge in [-0.1, -0.05) is 5.16 Å². The highest BCUT2D eigenvalue weighted by Gasteiger charge is 2.35. The highest BCUT2D eigenvalue weighted by atomic mass is 19.4. The van der Waals surface area contributed by atoms with E-state index >= 15 is 0 Å². The quantitative estimate of drug-likeness (QED) is 0.786. The zero-order valence-electron chi connectivity index (χ0n) is 8.12. The summed E-state index contributed by atoms with van der Waals surface area (Å²) in [6.45, 7) is 0. The molecule has 0 fully saturated rings. The minimum atomic E-state index is -4.72. The Bertz CT molecular complexity index is 549. The van der Waals surface area contributed by atoms with Crippen LogP contribution in [0.1, 0.15) is 5.56 Å². The molecule has 0 aliphatic rings. The summed E-state index contributed by atoms with van der Waals surface area (Å²) in [4.78, 5) is 3.46. The molecule has 0 unspecified atom stereocenters. The van der Waals surface area contributed by atoms with Crippen LogP contribution >= 0.6 is 0 Å². The Morgan fingerprint density at radius 3 is 2.47 bits per heavy atom. The van der Waals surface area contributed by atoms with E-state index in [0.29, 0.717) is 6.07 Å².